The van der Waals surface area contributed by atoms with Gasteiger partial charge in [-0.25, -0.2) is 8.78 Å². The zero-order valence-corrected chi connectivity index (χ0v) is 10.4. The smallest absolute Gasteiger partial charge is 0.165 e. The third kappa shape index (κ3) is 2.34. The van der Waals surface area contributed by atoms with Gasteiger partial charge in [0.25, 0.3) is 0 Å². The first-order valence-electron chi connectivity index (χ1n) is 4.87. The second-order valence-corrected chi connectivity index (χ2v) is 5.05. The van der Waals surface area contributed by atoms with Crippen molar-refractivity contribution in [2.24, 2.45) is 0 Å². The third-order valence-electron chi connectivity index (χ3n) is 2.46. The van der Waals surface area contributed by atoms with Gasteiger partial charge >= 0.3 is 0 Å². The molecule has 0 aliphatic carbocycles. The van der Waals surface area contributed by atoms with Crippen LogP contribution in [0.2, 0.25) is 5.02 Å². The molecule has 1 aromatic heterocycles. The average molecular weight is 275 g/mol. The van der Waals surface area contributed by atoms with E-state index in [1.165, 1.54) is 36.5 Å². The zero-order chi connectivity index (χ0) is 12.6. The minimum Gasteiger partial charge on any atom is -0.383 e. The van der Waals surface area contributed by atoms with Crippen LogP contribution in [0.5, 0.6) is 0 Å². The van der Waals surface area contributed by atoms with Crippen LogP contribution >= 0.6 is 22.9 Å². The second kappa shape index (κ2) is 4.72. The van der Waals surface area contributed by atoms with Gasteiger partial charge in [0.1, 0.15) is 6.10 Å². The Balaban J connectivity index is 2.44. The maximum Gasteiger partial charge on any atom is 0.165 e. The quantitative estimate of drug-likeness (QED) is 0.875. The van der Waals surface area contributed by atoms with Gasteiger partial charge in [0.2, 0.25) is 0 Å². The van der Waals surface area contributed by atoms with Crippen LogP contribution in [0.3, 0.4) is 0 Å². The number of aliphatic hydroxyl groups is 1. The lowest BCUT2D eigenvalue weighted by molar-refractivity contribution is 0.217. The van der Waals surface area contributed by atoms with Gasteiger partial charge in [-0.05, 0) is 18.6 Å². The normalized spacial score (nSPS) is 12.8. The Morgan fingerprint density at radius 3 is 2.59 bits per heavy atom. The second-order valence-electron chi connectivity index (χ2n) is 3.67. The molecule has 1 nitrogen and oxygen atoms in total. The predicted molar refractivity (Wildman–Crippen MR) is 64.5 cm³/mol. The summed E-state index contributed by atoms with van der Waals surface area (Å²) in [6.45, 7) is 1.47. The maximum atomic E-state index is 13.6. The molecule has 0 saturated heterocycles. The lowest BCUT2D eigenvalue weighted by Gasteiger charge is -2.11. The molecule has 0 amide bonds. The number of rotatable bonds is 2. The van der Waals surface area contributed by atoms with E-state index in [-0.39, 0.29) is 11.1 Å². The molecule has 5 heteroatoms. The molecular weight excluding hydrogens is 266 g/mol. The van der Waals surface area contributed by atoms with Gasteiger partial charge in [0, 0.05) is 15.8 Å². The molecule has 1 heterocycles. The van der Waals surface area contributed by atoms with Crippen molar-refractivity contribution in [1.29, 1.82) is 0 Å². The standard InChI is InChI=1S/C12H9ClF2OS/c1-6-2-3-8(11(15)10(6)14)12(16)9-4-7(13)5-17-9/h2-5,12,16H,1H3. The van der Waals surface area contributed by atoms with Crippen molar-refractivity contribution in [1.82, 2.24) is 0 Å². The van der Waals surface area contributed by atoms with Crippen molar-refractivity contribution in [2.45, 2.75) is 13.0 Å². The van der Waals surface area contributed by atoms with E-state index >= 15 is 0 Å². The van der Waals surface area contributed by atoms with Crippen molar-refractivity contribution >= 4 is 22.9 Å². The summed E-state index contributed by atoms with van der Waals surface area (Å²) in [6.07, 6.45) is -1.19. The van der Waals surface area contributed by atoms with E-state index < -0.39 is 17.7 Å². The van der Waals surface area contributed by atoms with Gasteiger partial charge in [-0.2, -0.15) is 0 Å². The number of halogens is 3. The van der Waals surface area contributed by atoms with Crippen molar-refractivity contribution in [3.63, 3.8) is 0 Å². The van der Waals surface area contributed by atoms with E-state index in [2.05, 4.69) is 0 Å². The van der Waals surface area contributed by atoms with Crippen LogP contribution in [0, 0.1) is 18.6 Å². The maximum absolute atomic E-state index is 13.6. The van der Waals surface area contributed by atoms with E-state index in [0.717, 1.165) is 0 Å². The minimum atomic E-state index is -1.19. The molecule has 0 spiro atoms. The highest BCUT2D eigenvalue weighted by molar-refractivity contribution is 7.10. The van der Waals surface area contributed by atoms with Gasteiger partial charge in [-0.15, -0.1) is 11.3 Å². The summed E-state index contributed by atoms with van der Waals surface area (Å²) in [5, 5.41) is 12.0. The molecule has 0 aliphatic rings. The highest BCUT2D eigenvalue weighted by Crippen LogP contribution is 2.32. The fourth-order valence-electron chi connectivity index (χ4n) is 1.50. The van der Waals surface area contributed by atoms with E-state index in [1.54, 1.807) is 5.38 Å². The summed E-state index contributed by atoms with van der Waals surface area (Å²) in [7, 11) is 0. The van der Waals surface area contributed by atoms with Crippen molar-refractivity contribution in [2.75, 3.05) is 0 Å². The summed E-state index contributed by atoms with van der Waals surface area (Å²) < 4.78 is 27.0. The molecule has 1 N–H and O–H groups in total. The Kier molecular flexibility index (Phi) is 3.47. The molecule has 90 valence electrons. The number of hydrogen-bond donors (Lipinski definition) is 1. The lowest BCUT2D eigenvalue weighted by Crippen LogP contribution is -2.03. The van der Waals surface area contributed by atoms with Crippen LogP contribution in [-0.4, -0.2) is 5.11 Å². The molecule has 0 radical (unpaired) electrons. The molecule has 1 atom stereocenters. The molecule has 17 heavy (non-hydrogen) atoms. The molecule has 1 unspecified atom stereocenters. The SMILES string of the molecule is Cc1ccc(C(O)c2cc(Cl)cs2)c(F)c1F. The van der Waals surface area contributed by atoms with Gasteiger partial charge in [-0.1, -0.05) is 23.7 Å². The number of hydrogen-bond acceptors (Lipinski definition) is 2. The van der Waals surface area contributed by atoms with E-state index in [1.807, 2.05) is 0 Å². The van der Waals surface area contributed by atoms with E-state index in [0.29, 0.717) is 9.90 Å². The largest absolute Gasteiger partial charge is 0.383 e. The lowest BCUT2D eigenvalue weighted by atomic mass is 10.0. The average Bonchev–Trinajstić information content (AvgIpc) is 2.72. The topological polar surface area (TPSA) is 20.2 Å². The van der Waals surface area contributed by atoms with Crippen LogP contribution in [0.15, 0.2) is 23.6 Å². The van der Waals surface area contributed by atoms with Gasteiger partial charge in [0.05, 0.1) is 5.02 Å². The number of aryl methyl sites for hydroxylation is 1. The summed E-state index contributed by atoms with van der Waals surface area (Å²) in [5.41, 5.74) is 0.134. The molecule has 1 aromatic carbocycles. The Morgan fingerprint density at radius 2 is 2.00 bits per heavy atom. The summed E-state index contributed by atoms with van der Waals surface area (Å²) >= 11 is 6.92. The van der Waals surface area contributed by atoms with E-state index in [4.69, 9.17) is 11.6 Å². The minimum absolute atomic E-state index is 0.0772. The monoisotopic (exact) mass is 274 g/mol. The van der Waals surface area contributed by atoms with Crippen molar-refractivity contribution in [3.8, 4) is 0 Å². The van der Waals surface area contributed by atoms with Crippen LogP contribution in [0.25, 0.3) is 0 Å². The number of aliphatic hydroxyl groups excluding tert-OH is 1. The highest BCUT2D eigenvalue weighted by atomic mass is 35.5. The Bertz CT molecular complexity index is 553. The summed E-state index contributed by atoms with van der Waals surface area (Å²) in [4.78, 5) is 0.483. The Hall–Kier alpha value is -0.970. The van der Waals surface area contributed by atoms with E-state index in [9.17, 15) is 13.9 Å². The number of benzene rings is 1. The molecule has 0 aliphatic heterocycles. The molecular formula is C12H9ClF2OS. The Morgan fingerprint density at radius 1 is 1.29 bits per heavy atom. The first kappa shape index (κ1) is 12.5. The fraction of sp³-hybridized carbons (Fsp3) is 0.167. The predicted octanol–water partition coefficient (Wildman–Crippen LogP) is 4.07. The van der Waals surface area contributed by atoms with Crippen LogP contribution in [-0.2, 0) is 0 Å². The first-order chi connectivity index (χ1) is 8.00. The van der Waals surface area contributed by atoms with Crippen LogP contribution in [0.1, 0.15) is 22.1 Å². The van der Waals surface area contributed by atoms with Crippen molar-refractivity contribution in [3.05, 3.63) is 56.2 Å². The molecule has 2 aromatic rings. The van der Waals surface area contributed by atoms with Crippen LogP contribution in [0.4, 0.5) is 8.78 Å². The first-order valence-corrected chi connectivity index (χ1v) is 6.13. The van der Waals surface area contributed by atoms with Gasteiger partial charge in [0.15, 0.2) is 11.6 Å². The fourth-order valence-corrected chi connectivity index (χ4v) is 2.58. The molecule has 0 bridgehead atoms. The van der Waals surface area contributed by atoms with Gasteiger partial charge < -0.3 is 5.11 Å². The Labute approximate surface area is 106 Å². The van der Waals surface area contributed by atoms with Crippen LogP contribution < -0.4 is 0 Å². The third-order valence-corrected chi connectivity index (χ3v) is 3.79. The molecule has 2 rings (SSSR count). The summed E-state index contributed by atoms with van der Waals surface area (Å²) in [5.74, 6) is -1.94. The van der Waals surface area contributed by atoms with Crippen molar-refractivity contribution < 1.29 is 13.9 Å². The molecule has 0 fully saturated rings. The molecule has 0 saturated carbocycles. The summed E-state index contributed by atoms with van der Waals surface area (Å²) in [6, 6.07) is 4.35. The van der Waals surface area contributed by atoms with Gasteiger partial charge in [-0.3, -0.25) is 0 Å². The number of thiophene rings is 1. The zero-order valence-electron chi connectivity index (χ0n) is 8.88. The highest BCUT2D eigenvalue weighted by Gasteiger charge is 2.20.